The van der Waals surface area contributed by atoms with E-state index in [1.54, 1.807) is 0 Å². The zero-order chi connectivity index (χ0) is 22.7. The van der Waals surface area contributed by atoms with Crippen LogP contribution in [0.2, 0.25) is 0 Å². The highest BCUT2D eigenvalue weighted by Crippen LogP contribution is 2.37. The summed E-state index contributed by atoms with van der Waals surface area (Å²) >= 11 is 0. The molecule has 2 heterocycles. The summed E-state index contributed by atoms with van der Waals surface area (Å²) < 4.78 is 64.3. The van der Waals surface area contributed by atoms with Gasteiger partial charge in [-0.3, -0.25) is 14.7 Å². The van der Waals surface area contributed by atoms with Crippen LogP contribution in [0.4, 0.5) is 28.0 Å². The van der Waals surface area contributed by atoms with Gasteiger partial charge in [-0.15, -0.1) is 0 Å². The summed E-state index contributed by atoms with van der Waals surface area (Å²) in [5.74, 6) is -1.72. The maximum absolute atomic E-state index is 13.8. The van der Waals surface area contributed by atoms with E-state index < -0.39 is 47.6 Å². The van der Waals surface area contributed by atoms with Crippen molar-refractivity contribution in [1.82, 2.24) is 9.97 Å². The second kappa shape index (κ2) is 8.64. The molecule has 30 heavy (non-hydrogen) atoms. The quantitative estimate of drug-likeness (QED) is 0.535. The molecule has 0 bridgehead atoms. The van der Waals surface area contributed by atoms with Crippen molar-refractivity contribution in [2.45, 2.75) is 32.5 Å². The smallest absolute Gasteiger partial charge is 0.435 e. The van der Waals surface area contributed by atoms with E-state index in [0.717, 1.165) is 37.7 Å². The second-order valence-corrected chi connectivity index (χ2v) is 7.10. The molecule has 0 aliphatic heterocycles. The molecule has 162 valence electrons. The third-order valence-electron chi connectivity index (χ3n) is 3.56. The van der Waals surface area contributed by atoms with Gasteiger partial charge in [0, 0.05) is 11.8 Å². The zero-order valence-electron chi connectivity index (χ0n) is 16.6. The molecule has 2 rings (SSSR count). The summed E-state index contributed by atoms with van der Waals surface area (Å²) in [4.78, 5) is 31.9. The Morgan fingerprint density at radius 3 is 2.33 bits per heavy atom. The molecule has 0 saturated heterocycles. The van der Waals surface area contributed by atoms with Crippen molar-refractivity contribution in [2.24, 2.45) is 0 Å². The lowest BCUT2D eigenvalue weighted by Crippen LogP contribution is -2.41. The van der Waals surface area contributed by atoms with Gasteiger partial charge in [-0.2, -0.15) is 13.2 Å². The Hall–Kier alpha value is -3.24. The van der Waals surface area contributed by atoms with E-state index in [4.69, 9.17) is 4.74 Å². The van der Waals surface area contributed by atoms with Gasteiger partial charge in [-0.25, -0.2) is 14.2 Å². The first-order valence-corrected chi connectivity index (χ1v) is 8.58. The highest BCUT2D eigenvalue weighted by molar-refractivity contribution is 5.94. The molecule has 0 unspecified atom stereocenters. The average molecular weight is 429 g/mol. The number of carbonyl (C=O) groups is 2. The predicted molar refractivity (Wildman–Crippen MR) is 98.0 cm³/mol. The van der Waals surface area contributed by atoms with Crippen molar-refractivity contribution in [2.75, 3.05) is 18.6 Å². The van der Waals surface area contributed by atoms with E-state index in [2.05, 4.69) is 14.7 Å². The Bertz CT molecular complexity index is 942. The second-order valence-electron chi connectivity index (χ2n) is 7.10. The minimum absolute atomic E-state index is 0.00355. The summed E-state index contributed by atoms with van der Waals surface area (Å²) in [7, 11) is 1.03. The van der Waals surface area contributed by atoms with Crippen LogP contribution < -0.4 is 4.90 Å². The number of amides is 1. The number of aromatic nitrogens is 2. The van der Waals surface area contributed by atoms with E-state index in [9.17, 15) is 27.2 Å². The third kappa shape index (κ3) is 5.88. The molecule has 1 amide bonds. The van der Waals surface area contributed by atoms with Crippen LogP contribution in [0.15, 0.2) is 30.6 Å². The van der Waals surface area contributed by atoms with Crippen LogP contribution >= 0.6 is 0 Å². The topological polar surface area (TPSA) is 81.6 Å². The molecule has 0 aliphatic carbocycles. The molecule has 7 nitrogen and oxygen atoms in total. The highest BCUT2D eigenvalue weighted by Gasteiger charge is 2.40. The summed E-state index contributed by atoms with van der Waals surface area (Å²) in [5, 5.41) is 0. The van der Waals surface area contributed by atoms with Crippen molar-refractivity contribution in [1.29, 1.82) is 0 Å². The molecule has 0 spiro atoms. The predicted octanol–water partition coefficient (Wildman–Crippen LogP) is 4.22. The number of halogens is 4. The summed E-state index contributed by atoms with van der Waals surface area (Å²) in [6.07, 6.45) is -4.16. The monoisotopic (exact) mass is 429 g/mol. The molecule has 0 aromatic carbocycles. The van der Waals surface area contributed by atoms with Crippen LogP contribution in [0.1, 0.15) is 26.5 Å². The summed E-state index contributed by atoms with van der Waals surface area (Å²) in [5.41, 5.74) is -3.43. The molecule has 2 aromatic heterocycles. The minimum Gasteiger partial charge on any atom is -0.468 e. The SMILES string of the molecule is COC(=O)CN(C(=O)OC(C)(C)C)c1ccc(-c2cncc(F)c2)nc1C(F)(F)F. The number of ether oxygens (including phenoxy) is 2. The van der Waals surface area contributed by atoms with Gasteiger partial charge >= 0.3 is 18.2 Å². The molecule has 0 aliphatic rings. The van der Waals surface area contributed by atoms with Gasteiger partial charge in [0.25, 0.3) is 0 Å². The Balaban J connectivity index is 2.61. The number of alkyl halides is 3. The van der Waals surface area contributed by atoms with Gasteiger partial charge in [0.15, 0.2) is 5.69 Å². The van der Waals surface area contributed by atoms with E-state index in [1.807, 2.05) is 0 Å². The normalized spacial score (nSPS) is 11.7. The van der Waals surface area contributed by atoms with Crippen molar-refractivity contribution in [3.05, 3.63) is 42.1 Å². The van der Waals surface area contributed by atoms with Crippen LogP contribution in [0.25, 0.3) is 11.3 Å². The van der Waals surface area contributed by atoms with Crippen LogP contribution in [0.3, 0.4) is 0 Å². The standard InChI is InChI=1S/C19H19F4N3O4/c1-18(2,3)30-17(28)26(10-15(27)29-4)14-6-5-13(25-16(14)19(21,22)23)11-7-12(20)9-24-8-11/h5-9H,10H2,1-4H3. The Morgan fingerprint density at radius 2 is 1.80 bits per heavy atom. The Kier molecular flexibility index (Phi) is 6.63. The third-order valence-corrected chi connectivity index (χ3v) is 3.56. The van der Waals surface area contributed by atoms with Gasteiger partial charge < -0.3 is 9.47 Å². The fourth-order valence-electron chi connectivity index (χ4n) is 2.35. The van der Waals surface area contributed by atoms with Gasteiger partial charge in [0.1, 0.15) is 18.0 Å². The lowest BCUT2D eigenvalue weighted by Gasteiger charge is -2.28. The number of methoxy groups -OCH3 is 1. The molecule has 0 N–H and O–H groups in total. The number of esters is 1. The molecule has 11 heteroatoms. The summed E-state index contributed by atoms with van der Waals surface area (Å²) in [6, 6.07) is 3.06. The maximum Gasteiger partial charge on any atom is 0.435 e. The number of carbonyl (C=O) groups excluding carboxylic acids is 2. The molecule has 0 saturated carbocycles. The fraction of sp³-hybridized carbons (Fsp3) is 0.368. The average Bonchev–Trinajstić information content (AvgIpc) is 2.63. The number of anilines is 1. The number of pyridine rings is 2. The molecular weight excluding hydrogens is 410 g/mol. The van der Waals surface area contributed by atoms with Crippen LogP contribution in [-0.2, 0) is 20.4 Å². The van der Waals surface area contributed by atoms with Crippen molar-refractivity contribution < 1.29 is 36.6 Å². The first-order valence-electron chi connectivity index (χ1n) is 8.58. The lowest BCUT2D eigenvalue weighted by molar-refractivity contribution is -0.141. The van der Waals surface area contributed by atoms with Crippen LogP contribution in [0.5, 0.6) is 0 Å². The van der Waals surface area contributed by atoms with Crippen molar-refractivity contribution >= 4 is 17.7 Å². The molecule has 2 aromatic rings. The van der Waals surface area contributed by atoms with E-state index in [-0.39, 0.29) is 11.3 Å². The zero-order valence-corrected chi connectivity index (χ0v) is 16.6. The first kappa shape index (κ1) is 23.0. The van der Waals surface area contributed by atoms with Crippen molar-refractivity contribution in [3.8, 4) is 11.3 Å². The molecule has 0 atom stereocenters. The first-order chi connectivity index (χ1) is 13.8. The maximum atomic E-state index is 13.8. The van der Waals surface area contributed by atoms with Crippen LogP contribution in [-0.4, -0.2) is 41.3 Å². The number of nitrogens with zero attached hydrogens (tertiary/aromatic N) is 3. The largest absolute Gasteiger partial charge is 0.468 e. The lowest BCUT2D eigenvalue weighted by atomic mass is 10.1. The Morgan fingerprint density at radius 1 is 1.13 bits per heavy atom. The number of rotatable bonds is 4. The van der Waals surface area contributed by atoms with Gasteiger partial charge in [0.05, 0.1) is 24.7 Å². The number of hydrogen-bond acceptors (Lipinski definition) is 6. The number of hydrogen-bond donors (Lipinski definition) is 0. The highest BCUT2D eigenvalue weighted by atomic mass is 19.4. The van der Waals surface area contributed by atoms with E-state index in [0.29, 0.717) is 4.90 Å². The van der Waals surface area contributed by atoms with Crippen LogP contribution in [0, 0.1) is 5.82 Å². The fourth-order valence-corrected chi connectivity index (χ4v) is 2.35. The van der Waals surface area contributed by atoms with E-state index >= 15 is 0 Å². The molecule has 0 radical (unpaired) electrons. The van der Waals surface area contributed by atoms with Gasteiger partial charge in [-0.05, 0) is 39.0 Å². The van der Waals surface area contributed by atoms with Gasteiger partial charge in [0.2, 0.25) is 0 Å². The molecular formula is C19H19F4N3O4. The van der Waals surface area contributed by atoms with Gasteiger partial charge in [-0.1, -0.05) is 0 Å². The van der Waals surface area contributed by atoms with E-state index in [1.165, 1.54) is 20.8 Å². The Labute approximate surface area is 169 Å². The summed E-state index contributed by atoms with van der Waals surface area (Å²) in [6.45, 7) is 3.72. The minimum atomic E-state index is -5.00. The van der Waals surface area contributed by atoms with Crippen molar-refractivity contribution in [3.63, 3.8) is 0 Å². The molecule has 0 fully saturated rings.